The molecule has 0 radical (unpaired) electrons. The van der Waals surface area contributed by atoms with Crippen molar-refractivity contribution in [2.75, 3.05) is 0 Å². The molecule has 0 aliphatic heterocycles. The largest absolute Gasteiger partial charge is 0.386 e. The second kappa shape index (κ2) is 1.77. The Balaban J connectivity index is 3.26. The Morgan fingerprint density at radius 1 is 2.00 bits per heavy atom. The van der Waals surface area contributed by atoms with Gasteiger partial charge in [0.2, 0.25) is 0 Å². The van der Waals surface area contributed by atoms with Crippen molar-refractivity contribution in [2.45, 2.75) is 13.0 Å². The number of rotatable bonds is 1. The van der Waals surface area contributed by atoms with Crippen molar-refractivity contribution in [1.82, 2.24) is 0 Å². The van der Waals surface area contributed by atoms with Gasteiger partial charge in [-0.25, -0.2) is 0 Å². The summed E-state index contributed by atoms with van der Waals surface area (Å²) >= 11 is 0. The Hall–Kier alpha value is -0.570. The van der Waals surface area contributed by atoms with Gasteiger partial charge in [0.1, 0.15) is 11.9 Å². The molecule has 1 atom stereocenters. The Morgan fingerprint density at radius 2 is 2.17 bits per heavy atom. The fourth-order valence-corrected chi connectivity index (χ4v) is 0. The predicted molar refractivity (Wildman–Crippen MR) is 23.6 cm³/mol. The van der Waals surface area contributed by atoms with Crippen molar-refractivity contribution in [2.24, 2.45) is 5.73 Å². The average molecular weight is 88.1 g/mol. The van der Waals surface area contributed by atoms with Crippen LogP contribution in [0.5, 0.6) is 0 Å². The number of hydrogen-bond donors (Lipinski definition) is 3. The molecule has 0 heterocycles. The SMILES string of the molecule is C[C@H](O)C(=N)N. The third-order valence-electron chi connectivity index (χ3n) is 0.450. The lowest BCUT2D eigenvalue weighted by Crippen LogP contribution is -2.23. The van der Waals surface area contributed by atoms with Crippen molar-refractivity contribution in [3.63, 3.8) is 0 Å². The van der Waals surface area contributed by atoms with Gasteiger partial charge in [-0.2, -0.15) is 0 Å². The van der Waals surface area contributed by atoms with Crippen LogP contribution in [0.3, 0.4) is 0 Å². The fraction of sp³-hybridized carbons (Fsp3) is 0.667. The molecule has 0 aliphatic rings. The summed E-state index contributed by atoms with van der Waals surface area (Å²) < 4.78 is 0. The van der Waals surface area contributed by atoms with Crippen LogP contribution in [0.1, 0.15) is 6.92 Å². The molecule has 4 N–H and O–H groups in total. The van der Waals surface area contributed by atoms with Crippen LogP contribution in [0, 0.1) is 5.41 Å². The molecule has 0 aromatic carbocycles. The van der Waals surface area contributed by atoms with E-state index in [1.54, 1.807) is 0 Å². The number of hydrogen-bond acceptors (Lipinski definition) is 2. The van der Waals surface area contributed by atoms with Crippen molar-refractivity contribution in [3.8, 4) is 0 Å². The Labute approximate surface area is 36.3 Å². The number of amidine groups is 1. The molecule has 0 unspecified atom stereocenters. The molecule has 0 aromatic heterocycles. The average Bonchev–Trinajstić information content (AvgIpc) is 1.36. The van der Waals surface area contributed by atoms with Crippen LogP contribution < -0.4 is 5.73 Å². The first-order valence-electron chi connectivity index (χ1n) is 1.66. The second-order valence-electron chi connectivity index (χ2n) is 1.13. The number of nitrogens with two attached hydrogens (primary N) is 1. The molecular weight excluding hydrogens is 80.0 g/mol. The van der Waals surface area contributed by atoms with Gasteiger partial charge < -0.3 is 10.8 Å². The summed E-state index contributed by atoms with van der Waals surface area (Å²) in [5, 5.41) is 14.8. The van der Waals surface area contributed by atoms with Crippen LogP contribution in [-0.2, 0) is 0 Å². The van der Waals surface area contributed by atoms with Crippen LogP contribution in [0.25, 0.3) is 0 Å². The van der Waals surface area contributed by atoms with Gasteiger partial charge in [0.15, 0.2) is 0 Å². The van der Waals surface area contributed by atoms with Gasteiger partial charge in [-0.1, -0.05) is 0 Å². The van der Waals surface area contributed by atoms with Crippen LogP contribution in [0.2, 0.25) is 0 Å². The highest BCUT2D eigenvalue weighted by Crippen LogP contribution is 1.71. The lowest BCUT2D eigenvalue weighted by molar-refractivity contribution is 0.260. The maximum absolute atomic E-state index is 8.28. The lowest BCUT2D eigenvalue weighted by atomic mass is 10.4. The van der Waals surface area contributed by atoms with Gasteiger partial charge >= 0.3 is 0 Å². The lowest BCUT2D eigenvalue weighted by Gasteiger charge is -1.94. The Morgan fingerprint density at radius 3 is 2.17 bits per heavy atom. The molecule has 0 amide bonds. The minimum atomic E-state index is -0.787. The van der Waals surface area contributed by atoms with Gasteiger partial charge in [0, 0.05) is 0 Å². The highest BCUT2D eigenvalue weighted by molar-refractivity contribution is 5.80. The summed E-state index contributed by atoms with van der Waals surface area (Å²) in [6.07, 6.45) is -0.787. The summed E-state index contributed by atoms with van der Waals surface area (Å²) in [5.74, 6) is -0.185. The zero-order valence-electron chi connectivity index (χ0n) is 3.60. The zero-order valence-corrected chi connectivity index (χ0v) is 3.60. The van der Waals surface area contributed by atoms with E-state index in [-0.39, 0.29) is 5.84 Å². The first-order valence-corrected chi connectivity index (χ1v) is 1.66. The molecule has 3 heteroatoms. The summed E-state index contributed by atoms with van der Waals surface area (Å²) in [4.78, 5) is 0. The molecule has 0 rings (SSSR count). The fourth-order valence-electron chi connectivity index (χ4n) is 0. The second-order valence-corrected chi connectivity index (χ2v) is 1.13. The quantitative estimate of drug-likeness (QED) is 0.293. The van der Waals surface area contributed by atoms with Crippen LogP contribution in [0.4, 0.5) is 0 Å². The van der Waals surface area contributed by atoms with E-state index in [4.69, 9.17) is 16.2 Å². The van der Waals surface area contributed by atoms with E-state index in [1.807, 2.05) is 0 Å². The third kappa shape index (κ3) is 1.72. The van der Waals surface area contributed by atoms with Gasteiger partial charge in [0.25, 0.3) is 0 Å². The Bertz CT molecular complexity index is 59.8. The summed E-state index contributed by atoms with van der Waals surface area (Å²) in [5.41, 5.74) is 4.77. The van der Waals surface area contributed by atoms with Crippen molar-refractivity contribution >= 4 is 5.84 Å². The topological polar surface area (TPSA) is 70.1 Å². The maximum atomic E-state index is 8.28. The van der Waals surface area contributed by atoms with E-state index in [2.05, 4.69) is 0 Å². The molecule has 0 fully saturated rings. The predicted octanol–water partition coefficient (Wildman–Crippen LogP) is -0.697. The van der Waals surface area contributed by atoms with E-state index in [0.29, 0.717) is 0 Å². The standard InChI is InChI=1S/C3H8N2O/c1-2(6)3(4)5/h2,6H,1H3,(H3,4,5)/t2-/m0/s1. The smallest absolute Gasteiger partial charge is 0.120 e. The maximum Gasteiger partial charge on any atom is 0.120 e. The highest BCUT2D eigenvalue weighted by atomic mass is 16.3. The van der Waals surface area contributed by atoms with Crippen molar-refractivity contribution in [3.05, 3.63) is 0 Å². The molecular formula is C3H8N2O. The van der Waals surface area contributed by atoms with Gasteiger partial charge in [-0.05, 0) is 6.92 Å². The Kier molecular flexibility index (Phi) is 1.60. The van der Waals surface area contributed by atoms with Gasteiger partial charge in [-0.15, -0.1) is 0 Å². The molecule has 3 nitrogen and oxygen atoms in total. The van der Waals surface area contributed by atoms with E-state index in [1.165, 1.54) is 6.92 Å². The summed E-state index contributed by atoms with van der Waals surface area (Å²) in [6, 6.07) is 0. The minimum Gasteiger partial charge on any atom is -0.386 e. The zero-order chi connectivity index (χ0) is 5.15. The third-order valence-corrected chi connectivity index (χ3v) is 0.450. The summed E-state index contributed by atoms with van der Waals surface area (Å²) in [7, 11) is 0. The van der Waals surface area contributed by atoms with Crippen molar-refractivity contribution in [1.29, 1.82) is 5.41 Å². The van der Waals surface area contributed by atoms with Crippen LogP contribution >= 0.6 is 0 Å². The molecule has 0 saturated carbocycles. The van der Waals surface area contributed by atoms with Gasteiger partial charge in [-0.3, -0.25) is 5.41 Å². The molecule has 0 aromatic rings. The molecule has 6 heavy (non-hydrogen) atoms. The molecule has 0 aliphatic carbocycles. The normalized spacial score (nSPS) is 13.7. The molecule has 0 spiro atoms. The van der Waals surface area contributed by atoms with E-state index >= 15 is 0 Å². The highest BCUT2D eigenvalue weighted by Gasteiger charge is 1.93. The molecule has 0 bridgehead atoms. The van der Waals surface area contributed by atoms with E-state index in [0.717, 1.165) is 0 Å². The van der Waals surface area contributed by atoms with Gasteiger partial charge in [0.05, 0.1) is 0 Å². The first-order chi connectivity index (χ1) is 2.64. The van der Waals surface area contributed by atoms with Crippen LogP contribution in [-0.4, -0.2) is 17.0 Å². The minimum absolute atomic E-state index is 0.185. The van der Waals surface area contributed by atoms with E-state index in [9.17, 15) is 0 Å². The monoisotopic (exact) mass is 88.1 g/mol. The van der Waals surface area contributed by atoms with Crippen molar-refractivity contribution < 1.29 is 5.11 Å². The van der Waals surface area contributed by atoms with E-state index < -0.39 is 6.10 Å². The number of aliphatic hydroxyl groups is 1. The molecule has 36 valence electrons. The summed E-state index contributed by atoms with van der Waals surface area (Å²) in [6.45, 7) is 1.45. The first kappa shape index (κ1) is 5.43. The number of aliphatic hydroxyl groups excluding tert-OH is 1. The number of nitrogens with one attached hydrogen (secondary N) is 1. The van der Waals surface area contributed by atoms with Crippen LogP contribution in [0.15, 0.2) is 0 Å². The molecule has 0 saturated heterocycles.